The van der Waals surface area contributed by atoms with Crippen LogP contribution in [0.4, 0.5) is 13.2 Å². The Morgan fingerprint density at radius 3 is 2.32 bits per heavy atom. The van der Waals surface area contributed by atoms with Crippen LogP contribution in [0.15, 0.2) is 29.2 Å². The summed E-state index contributed by atoms with van der Waals surface area (Å²) in [4.78, 5) is 0.236. The van der Waals surface area contributed by atoms with Gasteiger partial charge in [0.05, 0.1) is 0 Å². The van der Waals surface area contributed by atoms with Gasteiger partial charge in [0.1, 0.15) is 0 Å². The molecule has 1 N–H and O–H groups in total. The summed E-state index contributed by atoms with van der Waals surface area (Å²) in [5, 5.41) is 3.36. The average molecular weight is 289 g/mol. The van der Waals surface area contributed by atoms with Crippen molar-refractivity contribution in [2.45, 2.75) is 37.2 Å². The smallest absolute Gasteiger partial charge is 0.312 e. The van der Waals surface area contributed by atoms with Crippen molar-refractivity contribution < 1.29 is 13.2 Å². The van der Waals surface area contributed by atoms with E-state index < -0.39 is 5.51 Å². The van der Waals surface area contributed by atoms with Crippen LogP contribution in [-0.2, 0) is 6.54 Å². The van der Waals surface area contributed by atoms with E-state index in [0.29, 0.717) is 12.0 Å². The second-order valence-electron chi connectivity index (χ2n) is 5.71. The summed E-state index contributed by atoms with van der Waals surface area (Å²) in [7, 11) is 0. The molecule has 0 saturated heterocycles. The summed E-state index contributed by atoms with van der Waals surface area (Å²) in [5.41, 5.74) is -2.73. The van der Waals surface area contributed by atoms with Gasteiger partial charge in [0, 0.05) is 11.4 Å². The van der Waals surface area contributed by atoms with Crippen LogP contribution in [-0.4, -0.2) is 12.1 Å². The Morgan fingerprint density at radius 1 is 1.26 bits per heavy atom. The third kappa shape index (κ3) is 4.73. The van der Waals surface area contributed by atoms with E-state index in [1.165, 1.54) is 18.6 Å². The summed E-state index contributed by atoms with van der Waals surface area (Å²) in [6, 6.07) is 6.55. The maximum Gasteiger partial charge on any atom is 0.446 e. The summed E-state index contributed by atoms with van der Waals surface area (Å²) < 4.78 is 36.5. The second kappa shape index (κ2) is 5.37. The van der Waals surface area contributed by atoms with Crippen LogP contribution in [0.5, 0.6) is 0 Å². The zero-order valence-electron chi connectivity index (χ0n) is 11.1. The molecule has 1 atom stereocenters. The first-order valence-electron chi connectivity index (χ1n) is 6.32. The van der Waals surface area contributed by atoms with Crippen molar-refractivity contribution >= 4 is 11.8 Å². The van der Waals surface area contributed by atoms with Crippen molar-refractivity contribution in [1.82, 2.24) is 5.32 Å². The monoisotopic (exact) mass is 289 g/mol. The molecule has 1 aromatic carbocycles. The van der Waals surface area contributed by atoms with Gasteiger partial charge >= 0.3 is 5.51 Å². The summed E-state index contributed by atoms with van der Waals surface area (Å²) >= 11 is -0.0725. The average Bonchev–Trinajstić information content (AvgIpc) is 2.87. The highest BCUT2D eigenvalue weighted by atomic mass is 32.2. The molecule has 1 nitrogen and oxygen atoms in total. The Morgan fingerprint density at radius 2 is 1.84 bits per heavy atom. The van der Waals surface area contributed by atoms with Crippen molar-refractivity contribution in [3.63, 3.8) is 0 Å². The maximum atomic E-state index is 12.2. The number of halogens is 3. The molecule has 0 bridgehead atoms. The SMILES string of the molecule is CC1(C)CC1CNCc1ccc(SC(F)(F)F)cc1. The lowest BCUT2D eigenvalue weighted by molar-refractivity contribution is -0.0328. The minimum absolute atomic E-state index is 0.0725. The third-order valence-corrected chi connectivity index (χ3v) is 4.33. The van der Waals surface area contributed by atoms with E-state index in [0.717, 1.165) is 18.0 Å². The number of alkyl halides is 3. The molecular formula is C14H18F3NS. The highest BCUT2D eigenvalue weighted by Crippen LogP contribution is 2.51. The van der Waals surface area contributed by atoms with Gasteiger partial charge in [0.2, 0.25) is 0 Å². The molecule has 0 radical (unpaired) electrons. The molecular weight excluding hydrogens is 271 g/mol. The van der Waals surface area contributed by atoms with Gasteiger partial charge in [-0.2, -0.15) is 13.2 Å². The predicted octanol–water partition coefficient (Wildman–Crippen LogP) is 4.43. The molecule has 1 aliphatic carbocycles. The lowest BCUT2D eigenvalue weighted by Crippen LogP contribution is -2.18. The van der Waals surface area contributed by atoms with E-state index in [9.17, 15) is 13.2 Å². The molecule has 19 heavy (non-hydrogen) atoms. The Kier molecular flexibility index (Phi) is 4.16. The summed E-state index contributed by atoms with van der Waals surface area (Å²) in [6.07, 6.45) is 1.25. The molecule has 0 amide bonds. The van der Waals surface area contributed by atoms with Gasteiger partial charge in [-0.3, -0.25) is 0 Å². The van der Waals surface area contributed by atoms with Crippen molar-refractivity contribution in [2.75, 3.05) is 6.54 Å². The van der Waals surface area contributed by atoms with Crippen molar-refractivity contribution in [3.8, 4) is 0 Å². The van der Waals surface area contributed by atoms with Crippen LogP contribution in [0.3, 0.4) is 0 Å². The number of nitrogens with one attached hydrogen (secondary N) is 1. The van der Waals surface area contributed by atoms with Gasteiger partial charge in [-0.25, -0.2) is 0 Å². The molecule has 1 unspecified atom stereocenters. The molecule has 0 aliphatic heterocycles. The first-order chi connectivity index (χ1) is 8.76. The zero-order valence-corrected chi connectivity index (χ0v) is 11.9. The molecule has 0 spiro atoms. The molecule has 0 heterocycles. The molecule has 1 aromatic rings. The minimum Gasteiger partial charge on any atom is -0.312 e. The number of benzene rings is 1. The zero-order chi connectivity index (χ0) is 14.1. The van der Waals surface area contributed by atoms with Crippen molar-refractivity contribution in [2.24, 2.45) is 11.3 Å². The number of hydrogen-bond donors (Lipinski definition) is 1. The lowest BCUT2D eigenvalue weighted by Gasteiger charge is -2.08. The summed E-state index contributed by atoms with van der Waals surface area (Å²) in [5.74, 6) is 0.729. The Labute approximate surface area is 116 Å². The number of hydrogen-bond acceptors (Lipinski definition) is 2. The largest absolute Gasteiger partial charge is 0.446 e. The summed E-state index contributed by atoms with van der Waals surface area (Å²) in [6.45, 7) is 6.20. The van der Waals surface area contributed by atoms with E-state index in [1.807, 2.05) is 0 Å². The van der Waals surface area contributed by atoms with E-state index in [-0.39, 0.29) is 16.7 Å². The maximum absolute atomic E-state index is 12.2. The van der Waals surface area contributed by atoms with E-state index in [2.05, 4.69) is 19.2 Å². The Balaban J connectivity index is 1.76. The first-order valence-corrected chi connectivity index (χ1v) is 7.13. The van der Waals surface area contributed by atoms with Gasteiger partial charge in [0.25, 0.3) is 0 Å². The normalized spacial score (nSPS) is 21.4. The fraction of sp³-hybridized carbons (Fsp3) is 0.571. The van der Waals surface area contributed by atoms with Gasteiger partial charge in [0.15, 0.2) is 0 Å². The van der Waals surface area contributed by atoms with Crippen molar-refractivity contribution in [3.05, 3.63) is 29.8 Å². The fourth-order valence-corrected chi connectivity index (χ4v) is 2.66. The standard InChI is InChI=1S/C14H18F3NS/c1-13(2)7-11(13)9-18-8-10-3-5-12(6-4-10)19-14(15,16)17/h3-6,11,18H,7-9H2,1-2H3. The van der Waals surface area contributed by atoms with E-state index in [4.69, 9.17) is 0 Å². The van der Waals surface area contributed by atoms with Crippen LogP contribution in [0, 0.1) is 11.3 Å². The predicted molar refractivity (Wildman–Crippen MR) is 71.9 cm³/mol. The highest BCUT2D eigenvalue weighted by molar-refractivity contribution is 8.00. The van der Waals surface area contributed by atoms with Crippen LogP contribution in [0.2, 0.25) is 0 Å². The molecule has 106 valence electrons. The van der Waals surface area contributed by atoms with Crippen LogP contribution >= 0.6 is 11.8 Å². The van der Waals surface area contributed by atoms with Crippen LogP contribution < -0.4 is 5.32 Å². The van der Waals surface area contributed by atoms with Crippen molar-refractivity contribution in [1.29, 1.82) is 0 Å². The first kappa shape index (κ1) is 14.7. The molecule has 1 saturated carbocycles. The van der Waals surface area contributed by atoms with E-state index >= 15 is 0 Å². The Bertz CT molecular complexity index is 425. The number of thioether (sulfide) groups is 1. The van der Waals surface area contributed by atoms with Gasteiger partial charge < -0.3 is 5.32 Å². The molecule has 0 aromatic heterocycles. The molecule has 5 heteroatoms. The topological polar surface area (TPSA) is 12.0 Å². The second-order valence-corrected chi connectivity index (χ2v) is 6.85. The van der Waals surface area contributed by atoms with E-state index in [1.54, 1.807) is 12.1 Å². The van der Waals surface area contributed by atoms with Gasteiger partial charge in [-0.05, 0) is 53.8 Å². The van der Waals surface area contributed by atoms with Gasteiger partial charge in [-0.1, -0.05) is 26.0 Å². The molecule has 1 aliphatic rings. The molecule has 1 fully saturated rings. The third-order valence-electron chi connectivity index (χ3n) is 3.59. The minimum atomic E-state index is -4.21. The highest BCUT2D eigenvalue weighted by Gasteiger charge is 2.44. The fourth-order valence-electron chi connectivity index (χ4n) is 2.12. The van der Waals surface area contributed by atoms with Crippen LogP contribution in [0.1, 0.15) is 25.8 Å². The molecule has 2 rings (SSSR count). The van der Waals surface area contributed by atoms with Crippen LogP contribution in [0.25, 0.3) is 0 Å². The quantitative estimate of drug-likeness (QED) is 0.805. The van der Waals surface area contributed by atoms with Gasteiger partial charge in [-0.15, -0.1) is 0 Å². The lowest BCUT2D eigenvalue weighted by atomic mass is 10.1. The number of rotatable bonds is 5. The Hall–Kier alpha value is -0.680.